The second-order valence-corrected chi connectivity index (χ2v) is 8.42. The maximum absolute atomic E-state index is 12.6. The van der Waals surface area contributed by atoms with E-state index < -0.39 is 0 Å². The number of amides is 2. The Morgan fingerprint density at radius 2 is 1.52 bits per heavy atom. The van der Waals surface area contributed by atoms with E-state index in [9.17, 15) is 9.59 Å². The lowest BCUT2D eigenvalue weighted by Gasteiger charge is -2.35. The van der Waals surface area contributed by atoms with E-state index in [1.165, 1.54) is 10.5 Å². The zero-order valence-corrected chi connectivity index (χ0v) is 18.9. The average Bonchev–Trinajstić information content (AvgIpc) is 2.76. The van der Waals surface area contributed by atoms with Crippen LogP contribution in [-0.2, 0) is 16.0 Å². The zero-order chi connectivity index (χ0) is 22.2. The summed E-state index contributed by atoms with van der Waals surface area (Å²) in [7, 11) is 1.70. The first kappa shape index (κ1) is 23.0. The molecule has 6 heteroatoms. The number of carbonyl (C=O) groups excluding carboxylic acids is 2. The van der Waals surface area contributed by atoms with Crippen LogP contribution in [0.5, 0.6) is 0 Å². The van der Waals surface area contributed by atoms with Gasteiger partial charge in [-0.3, -0.25) is 14.5 Å². The molecule has 0 unspecified atom stereocenters. The van der Waals surface area contributed by atoms with Crippen LogP contribution in [0.2, 0.25) is 0 Å². The van der Waals surface area contributed by atoms with Gasteiger partial charge in [0.1, 0.15) is 0 Å². The number of rotatable bonds is 8. The van der Waals surface area contributed by atoms with Gasteiger partial charge in [0.15, 0.2) is 0 Å². The number of nitrogens with zero attached hydrogens (tertiary/aromatic N) is 3. The molecular weight excluding hydrogens is 388 g/mol. The van der Waals surface area contributed by atoms with Crippen molar-refractivity contribution < 1.29 is 9.59 Å². The highest BCUT2D eigenvalue weighted by atomic mass is 16.2. The molecule has 3 rings (SSSR count). The number of likely N-dealkylation sites (N-methyl/N-ethyl adjacent to an activating group) is 1. The molecule has 6 nitrogen and oxygen atoms in total. The SMILES string of the molecule is Cc1cccc(C)c1NC(=O)CN(C)C(=O)CN1CCN(CCc2ccccc2)CC1. The summed E-state index contributed by atoms with van der Waals surface area (Å²) in [5.74, 6) is -0.187. The number of carbonyl (C=O) groups is 2. The van der Waals surface area contributed by atoms with Gasteiger partial charge in [0.05, 0.1) is 13.1 Å². The third kappa shape index (κ3) is 6.91. The molecule has 0 saturated carbocycles. The molecule has 2 amide bonds. The van der Waals surface area contributed by atoms with Crippen LogP contribution in [-0.4, -0.2) is 79.4 Å². The molecule has 0 spiro atoms. The molecule has 1 saturated heterocycles. The molecule has 0 radical (unpaired) electrons. The lowest BCUT2D eigenvalue weighted by Crippen LogP contribution is -2.50. The fraction of sp³-hybridized carbons (Fsp3) is 0.440. The van der Waals surface area contributed by atoms with Crippen molar-refractivity contribution in [3.8, 4) is 0 Å². The van der Waals surface area contributed by atoms with Gasteiger partial charge in [0, 0.05) is 45.5 Å². The molecule has 1 fully saturated rings. The highest BCUT2D eigenvalue weighted by Gasteiger charge is 2.21. The first-order chi connectivity index (χ1) is 14.9. The summed E-state index contributed by atoms with van der Waals surface area (Å²) in [6.07, 6.45) is 1.05. The molecule has 2 aromatic rings. The van der Waals surface area contributed by atoms with Crippen LogP contribution in [0.1, 0.15) is 16.7 Å². The number of anilines is 1. The Morgan fingerprint density at radius 1 is 0.903 bits per heavy atom. The molecule has 0 bridgehead atoms. The summed E-state index contributed by atoms with van der Waals surface area (Å²) in [4.78, 5) is 31.2. The summed E-state index contributed by atoms with van der Waals surface area (Å²) in [6.45, 7) is 9.10. The van der Waals surface area contributed by atoms with Crippen molar-refractivity contribution in [3.05, 3.63) is 65.2 Å². The number of piperazine rings is 1. The highest BCUT2D eigenvalue weighted by molar-refractivity contribution is 5.95. The Kier molecular flexibility index (Phi) is 8.20. The highest BCUT2D eigenvalue weighted by Crippen LogP contribution is 2.19. The molecule has 1 aliphatic rings. The summed E-state index contributed by atoms with van der Waals surface area (Å²) in [6, 6.07) is 16.5. The van der Waals surface area contributed by atoms with Crippen molar-refractivity contribution >= 4 is 17.5 Å². The predicted octanol–water partition coefficient (Wildman–Crippen LogP) is 2.56. The van der Waals surface area contributed by atoms with Crippen LogP contribution in [0, 0.1) is 13.8 Å². The molecular formula is C25H34N4O2. The number of aryl methyl sites for hydroxylation is 2. The Morgan fingerprint density at radius 3 is 2.16 bits per heavy atom. The lowest BCUT2D eigenvalue weighted by atomic mass is 10.1. The van der Waals surface area contributed by atoms with Gasteiger partial charge in [0.2, 0.25) is 11.8 Å². The van der Waals surface area contributed by atoms with Crippen molar-refractivity contribution in [2.24, 2.45) is 0 Å². The van der Waals surface area contributed by atoms with Crippen LogP contribution in [0.15, 0.2) is 48.5 Å². The molecule has 31 heavy (non-hydrogen) atoms. The first-order valence-electron chi connectivity index (χ1n) is 11.0. The second-order valence-electron chi connectivity index (χ2n) is 8.42. The fourth-order valence-corrected chi connectivity index (χ4v) is 3.91. The number of benzene rings is 2. The van der Waals surface area contributed by atoms with E-state index in [1.807, 2.05) is 38.1 Å². The van der Waals surface area contributed by atoms with Gasteiger partial charge >= 0.3 is 0 Å². The van der Waals surface area contributed by atoms with Gasteiger partial charge in [-0.2, -0.15) is 0 Å². The summed E-state index contributed by atoms with van der Waals surface area (Å²) in [5, 5.41) is 2.95. The maximum Gasteiger partial charge on any atom is 0.243 e. The quantitative estimate of drug-likeness (QED) is 0.710. The van der Waals surface area contributed by atoms with Gasteiger partial charge in [0.25, 0.3) is 0 Å². The maximum atomic E-state index is 12.6. The molecule has 1 heterocycles. The molecule has 1 N–H and O–H groups in total. The molecule has 0 aromatic heterocycles. The van der Waals surface area contributed by atoms with Crippen molar-refractivity contribution in [1.82, 2.24) is 14.7 Å². The summed E-state index contributed by atoms with van der Waals surface area (Å²) in [5.41, 5.74) is 4.24. The third-order valence-corrected chi connectivity index (χ3v) is 5.94. The number of nitrogens with one attached hydrogen (secondary N) is 1. The number of hydrogen-bond acceptors (Lipinski definition) is 4. The van der Waals surface area contributed by atoms with E-state index in [0.29, 0.717) is 6.54 Å². The van der Waals surface area contributed by atoms with Crippen LogP contribution >= 0.6 is 0 Å². The minimum atomic E-state index is -0.168. The van der Waals surface area contributed by atoms with Crippen LogP contribution in [0.25, 0.3) is 0 Å². The van der Waals surface area contributed by atoms with Gasteiger partial charge < -0.3 is 15.1 Å². The van der Waals surface area contributed by atoms with Crippen LogP contribution < -0.4 is 5.32 Å². The van der Waals surface area contributed by atoms with E-state index in [4.69, 9.17) is 0 Å². The van der Waals surface area contributed by atoms with Gasteiger partial charge in [-0.25, -0.2) is 0 Å². The summed E-state index contributed by atoms with van der Waals surface area (Å²) < 4.78 is 0. The van der Waals surface area contributed by atoms with E-state index in [1.54, 1.807) is 7.05 Å². The fourth-order valence-electron chi connectivity index (χ4n) is 3.91. The topological polar surface area (TPSA) is 55.9 Å². The average molecular weight is 423 g/mol. The van der Waals surface area contributed by atoms with Gasteiger partial charge in [-0.1, -0.05) is 48.5 Å². The van der Waals surface area contributed by atoms with Gasteiger partial charge in [-0.05, 0) is 37.0 Å². The van der Waals surface area contributed by atoms with Crippen molar-refractivity contribution in [2.75, 3.05) is 58.2 Å². The number of para-hydroxylation sites is 1. The van der Waals surface area contributed by atoms with Crippen molar-refractivity contribution in [3.63, 3.8) is 0 Å². The standard InChI is InChI=1S/C25H34N4O2/c1-20-8-7-9-21(2)25(20)26-23(30)18-27(3)24(31)19-29-16-14-28(15-17-29)13-12-22-10-5-4-6-11-22/h4-11H,12-19H2,1-3H3,(H,26,30). The molecule has 0 atom stereocenters. The molecule has 0 aliphatic carbocycles. The largest absolute Gasteiger partial charge is 0.335 e. The molecule has 1 aliphatic heterocycles. The third-order valence-electron chi connectivity index (χ3n) is 5.94. The minimum Gasteiger partial charge on any atom is -0.335 e. The Balaban J connectivity index is 1.38. The zero-order valence-electron chi connectivity index (χ0n) is 18.9. The Labute approximate surface area is 185 Å². The monoisotopic (exact) mass is 422 g/mol. The van der Waals surface area contributed by atoms with E-state index in [0.717, 1.165) is 56.0 Å². The Bertz CT molecular complexity index is 856. The molecule has 2 aromatic carbocycles. The van der Waals surface area contributed by atoms with E-state index in [-0.39, 0.29) is 18.4 Å². The smallest absolute Gasteiger partial charge is 0.243 e. The minimum absolute atomic E-state index is 0.0191. The predicted molar refractivity (Wildman–Crippen MR) is 125 cm³/mol. The molecule has 166 valence electrons. The van der Waals surface area contributed by atoms with E-state index in [2.05, 4.69) is 39.4 Å². The van der Waals surface area contributed by atoms with Gasteiger partial charge in [-0.15, -0.1) is 0 Å². The second kappa shape index (κ2) is 11.1. The number of hydrogen-bond donors (Lipinski definition) is 1. The van der Waals surface area contributed by atoms with Crippen LogP contribution in [0.3, 0.4) is 0 Å². The van der Waals surface area contributed by atoms with Crippen LogP contribution in [0.4, 0.5) is 5.69 Å². The summed E-state index contributed by atoms with van der Waals surface area (Å²) >= 11 is 0. The normalized spacial score (nSPS) is 14.9. The van der Waals surface area contributed by atoms with Crippen molar-refractivity contribution in [1.29, 1.82) is 0 Å². The Hall–Kier alpha value is -2.70. The first-order valence-corrected chi connectivity index (χ1v) is 11.0. The van der Waals surface area contributed by atoms with E-state index >= 15 is 0 Å². The van der Waals surface area contributed by atoms with Crippen molar-refractivity contribution in [2.45, 2.75) is 20.3 Å². The lowest BCUT2D eigenvalue weighted by molar-refractivity contribution is -0.134.